The van der Waals surface area contributed by atoms with Gasteiger partial charge in [0, 0.05) is 14.5 Å². The second-order valence-corrected chi connectivity index (χ2v) is 8.74. The number of rotatable bonds is 13. The minimum Gasteiger partial charge on any atom is -0.460 e. The lowest BCUT2D eigenvalue weighted by Crippen LogP contribution is -2.29. The highest BCUT2D eigenvalue weighted by Crippen LogP contribution is 2.31. The van der Waals surface area contributed by atoms with Crippen LogP contribution in [0.2, 0.25) is 0 Å². The Morgan fingerprint density at radius 2 is 1.63 bits per heavy atom. The van der Waals surface area contributed by atoms with Crippen LogP contribution >= 0.6 is 31.9 Å². The topological polar surface area (TPSA) is 28.4 Å². The molecule has 0 saturated carbocycles. The lowest BCUT2D eigenvalue weighted by molar-refractivity contribution is 0.260. The second kappa shape index (κ2) is 12.8. The maximum Gasteiger partial charge on any atom is 0.135 e. The van der Waals surface area contributed by atoms with Crippen molar-refractivity contribution in [3.05, 3.63) is 45.0 Å². The number of halogens is 2. The van der Waals surface area contributed by atoms with Gasteiger partial charge in [-0.25, -0.2) is 0 Å². The van der Waals surface area contributed by atoms with E-state index in [1.165, 1.54) is 51.7 Å². The molecule has 0 radical (unpaired) electrons. The molecule has 3 nitrogen and oxygen atoms in total. The quantitative estimate of drug-likeness (QED) is 0.305. The number of benzene rings is 1. The number of furan rings is 1. The van der Waals surface area contributed by atoms with Crippen molar-refractivity contribution < 1.29 is 4.42 Å². The molecular formula is C22H32Br2N2O. The van der Waals surface area contributed by atoms with E-state index in [1.807, 2.05) is 18.2 Å². The van der Waals surface area contributed by atoms with Gasteiger partial charge in [-0.1, -0.05) is 42.6 Å². The highest BCUT2D eigenvalue weighted by molar-refractivity contribution is 9.11. The van der Waals surface area contributed by atoms with E-state index in [4.69, 9.17) is 4.42 Å². The van der Waals surface area contributed by atoms with E-state index >= 15 is 0 Å². The standard InChI is InChI=1S/C22H32Br2N2O/c1-3-5-13-26(14-6-4-2)15-7-12-25-17-19-9-11-22(27-19)20-10-8-18(23)16-21(20)24/h8-11,16,25H,3-7,12-15,17H2,1-2H3. The Morgan fingerprint density at radius 1 is 0.926 bits per heavy atom. The molecule has 5 heteroatoms. The molecule has 1 N–H and O–H groups in total. The molecule has 0 amide bonds. The van der Waals surface area contributed by atoms with Crippen LogP contribution in [0, 0.1) is 0 Å². The van der Waals surface area contributed by atoms with Gasteiger partial charge in [-0.15, -0.1) is 0 Å². The van der Waals surface area contributed by atoms with Crippen molar-refractivity contribution in [3.63, 3.8) is 0 Å². The Hall–Kier alpha value is -0.620. The van der Waals surface area contributed by atoms with E-state index in [9.17, 15) is 0 Å². The molecule has 0 aliphatic heterocycles. The Morgan fingerprint density at radius 3 is 2.30 bits per heavy atom. The molecule has 2 aromatic rings. The molecule has 27 heavy (non-hydrogen) atoms. The summed E-state index contributed by atoms with van der Waals surface area (Å²) < 4.78 is 8.09. The predicted molar refractivity (Wildman–Crippen MR) is 122 cm³/mol. The Balaban J connectivity index is 1.73. The summed E-state index contributed by atoms with van der Waals surface area (Å²) >= 11 is 7.09. The van der Waals surface area contributed by atoms with Crippen molar-refractivity contribution in [2.24, 2.45) is 0 Å². The molecule has 0 saturated heterocycles. The number of nitrogens with one attached hydrogen (secondary N) is 1. The van der Waals surface area contributed by atoms with Gasteiger partial charge in [0.2, 0.25) is 0 Å². The lowest BCUT2D eigenvalue weighted by Gasteiger charge is -2.21. The van der Waals surface area contributed by atoms with Gasteiger partial charge in [-0.2, -0.15) is 0 Å². The summed E-state index contributed by atoms with van der Waals surface area (Å²) in [6.45, 7) is 9.99. The highest BCUT2D eigenvalue weighted by Gasteiger charge is 2.09. The number of nitrogens with zero attached hydrogens (tertiary/aromatic N) is 1. The predicted octanol–water partition coefficient (Wildman–Crippen LogP) is 6.85. The number of hydrogen-bond acceptors (Lipinski definition) is 3. The fourth-order valence-electron chi connectivity index (χ4n) is 3.05. The molecule has 0 fully saturated rings. The Kier molecular flexibility index (Phi) is 10.7. The average molecular weight is 500 g/mol. The first-order valence-corrected chi connectivity index (χ1v) is 11.7. The van der Waals surface area contributed by atoms with Crippen LogP contribution in [0.5, 0.6) is 0 Å². The third kappa shape index (κ3) is 8.10. The van der Waals surface area contributed by atoms with Gasteiger partial charge < -0.3 is 14.6 Å². The molecule has 150 valence electrons. The zero-order chi connectivity index (χ0) is 19.5. The monoisotopic (exact) mass is 498 g/mol. The van der Waals surface area contributed by atoms with Gasteiger partial charge in [0.15, 0.2) is 0 Å². The lowest BCUT2D eigenvalue weighted by atomic mass is 10.2. The van der Waals surface area contributed by atoms with Crippen LogP contribution in [-0.4, -0.2) is 31.1 Å². The van der Waals surface area contributed by atoms with Crippen LogP contribution in [0.1, 0.15) is 51.7 Å². The Bertz CT molecular complexity index is 664. The molecule has 0 aliphatic carbocycles. The molecule has 0 spiro atoms. The third-order valence-electron chi connectivity index (χ3n) is 4.64. The van der Waals surface area contributed by atoms with Crippen LogP contribution in [0.15, 0.2) is 43.7 Å². The van der Waals surface area contributed by atoms with Crippen LogP contribution in [0.25, 0.3) is 11.3 Å². The summed E-state index contributed by atoms with van der Waals surface area (Å²) in [7, 11) is 0. The van der Waals surface area contributed by atoms with Crippen molar-refractivity contribution in [1.82, 2.24) is 10.2 Å². The average Bonchev–Trinajstić information content (AvgIpc) is 3.11. The van der Waals surface area contributed by atoms with Crippen LogP contribution in [-0.2, 0) is 6.54 Å². The van der Waals surface area contributed by atoms with Crippen molar-refractivity contribution in [1.29, 1.82) is 0 Å². The summed E-state index contributed by atoms with van der Waals surface area (Å²) in [5.41, 5.74) is 1.08. The third-order valence-corrected chi connectivity index (χ3v) is 5.79. The minimum absolute atomic E-state index is 0.776. The van der Waals surface area contributed by atoms with Gasteiger partial charge in [-0.05, 0) is 91.7 Å². The van der Waals surface area contributed by atoms with Gasteiger partial charge >= 0.3 is 0 Å². The fraction of sp³-hybridized carbons (Fsp3) is 0.545. The number of unbranched alkanes of at least 4 members (excludes halogenated alkanes) is 2. The largest absolute Gasteiger partial charge is 0.460 e. The van der Waals surface area contributed by atoms with E-state index in [1.54, 1.807) is 0 Å². The zero-order valence-electron chi connectivity index (χ0n) is 16.6. The van der Waals surface area contributed by atoms with E-state index in [0.29, 0.717) is 0 Å². The normalized spacial score (nSPS) is 11.4. The van der Waals surface area contributed by atoms with Crippen LogP contribution in [0.4, 0.5) is 0 Å². The van der Waals surface area contributed by atoms with Crippen LogP contribution < -0.4 is 5.32 Å². The fourth-order valence-corrected chi connectivity index (χ4v) is 4.29. The van der Waals surface area contributed by atoms with Gasteiger partial charge in [0.1, 0.15) is 11.5 Å². The molecule has 0 aliphatic rings. The molecular weight excluding hydrogens is 468 g/mol. The first-order chi connectivity index (χ1) is 13.1. The summed E-state index contributed by atoms with van der Waals surface area (Å²) in [5.74, 6) is 1.88. The molecule has 1 heterocycles. The minimum atomic E-state index is 0.776. The maximum absolute atomic E-state index is 6.01. The SMILES string of the molecule is CCCCN(CCCC)CCCNCc1ccc(-c2ccc(Br)cc2Br)o1. The summed E-state index contributed by atoms with van der Waals surface area (Å²) in [5, 5.41) is 3.52. The number of hydrogen-bond donors (Lipinski definition) is 1. The van der Waals surface area contributed by atoms with Crippen molar-refractivity contribution >= 4 is 31.9 Å². The molecule has 1 aromatic carbocycles. The first kappa shape index (κ1) is 22.7. The summed E-state index contributed by atoms with van der Waals surface area (Å²) in [6, 6.07) is 10.2. The maximum atomic E-state index is 6.01. The van der Waals surface area contributed by atoms with Gasteiger partial charge in [0.25, 0.3) is 0 Å². The zero-order valence-corrected chi connectivity index (χ0v) is 19.7. The van der Waals surface area contributed by atoms with Crippen molar-refractivity contribution in [2.45, 2.75) is 52.5 Å². The summed E-state index contributed by atoms with van der Waals surface area (Å²) in [4.78, 5) is 2.62. The van der Waals surface area contributed by atoms with Crippen molar-refractivity contribution in [2.75, 3.05) is 26.2 Å². The summed E-state index contributed by atoms with van der Waals surface area (Å²) in [6.07, 6.45) is 6.33. The smallest absolute Gasteiger partial charge is 0.135 e. The van der Waals surface area contributed by atoms with Gasteiger partial charge in [0.05, 0.1) is 6.54 Å². The molecule has 0 atom stereocenters. The molecule has 0 unspecified atom stereocenters. The second-order valence-electron chi connectivity index (χ2n) is 6.97. The van der Waals surface area contributed by atoms with E-state index < -0.39 is 0 Å². The van der Waals surface area contributed by atoms with E-state index in [2.05, 4.69) is 68.1 Å². The van der Waals surface area contributed by atoms with Crippen LogP contribution in [0.3, 0.4) is 0 Å². The molecule has 2 rings (SSSR count). The van der Waals surface area contributed by atoms with E-state index in [0.717, 1.165) is 39.1 Å². The van der Waals surface area contributed by atoms with E-state index in [-0.39, 0.29) is 0 Å². The van der Waals surface area contributed by atoms with Gasteiger partial charge in [-0.3, -0.25) is 0 Å². The molecule has 1 aromatic heterocycles. The highest BCUT2D eigenvalue weighted by atomic mass is 79.9. The molecule has 0 bridgehead atoms. The van der Waals surface area contributed by atoms with Crippen molar-refractivity contribution in [3.8, 4) is 11.3 Å². The first-order valence-electron chi connectivity index (χ1n) is 10.1. The Labute approximate surface area is 181 Å².